The quantitative estimate of drug-likeness (QED) is 0.729. The van der Waals surface area contributed by atoms with Crippen LogP contribution in [0.25, 0.3) is 5.69 Å². The van der Waals surface area contributed by atoms with E-state index in [0.29, 0.717) is 5.69 Å². The summed E-state index contributed by atoms with van der Waals surface area (Å²) < 4.78 is 1.83. The fourth-order valence-corrected chi connectivity index (χ4v) is 1.42. The van der Waals surface area contributed by atoms with Crippen LogP contribution in [0, 0.1) is 0 Å². The normalized spacial score (nSPS) is 10.1. The lowest BCUT2D eigenvalue weighted by molar-refractivity contribution is 0.0697. The molecular weight excluding hydrogens is 192 g/mol. The first-order valence-corrected chi connectivity index (χ1v) is 4.44. The van der Waals surface area contributed by atoms with Gasteiger partial charge in [0.15, 0.2) is 0 Å². The van der Waals surface area contributed by atoms with Gasteiger partial charge >= 0.3 is 5.97 Å². The molecule has 3 N–H and O–H groups in total. The average molecular weight is 202 g/mol. The Morgan fingerprint density at radius 3 is 2.47 bits per heavy atom. The Balaban J connectivity index is 2.48. The Morgan fingerprint density at radius 2 is 1.93 bits per heavy atom. The molecule has 0 aliphatic heterocycles. The molecule has 0 unspecified atom stereocenters. The summed E-state index contributed by atoms with van der Waals surface area (Å²) >= 11 is 0. The number of nitrogens with zero attached hydrogens (tertiary/aromatic N) is 1. The van der Waals surface area contributed by atoms with Gasteiger partial charge in [-0.2, -0.15) is 0 Å². The number of carboxylic acids is 1. The second-order valence-electron chi connectivity index (χ2n) is 3.17. The highest BCUT2D eigenvalue weighted by Crippen LogP contribution is 2.18. The maximum absolute atomic E-state index is 10.7. The van der Waals surface area contributed by atoms with E-state index in [1.54, 1.807) is 6.07 Å². The minimum atomic E-state index is -0.972. The predicted molar refractivity (Wildman–Crippen MR) is 57.1 cm³/mol. The fraction of sp³-hybridized carbons (Fsp3) is 0. The third-order valence-corrected chi connectivity index (χ3v) is 2.16. The highest BCUT2D eigenvalue weighted by atomic mass is 16.4. The van der Waals surface area contributed by atoms with Crippen LogP contribution in [0.3, 0.4) is 0 Å². The van der Waals surface area contributed by atoms with Crippen LogP contribution in [0.1, 0.15) is 10.4 Å². The van der Waals surface area contributed by atoms with Gasteiger partial charge in [-0.3, -0.25) is 0 Å². The smallest absolute Gasteiger partial charge is 0.335 e. The number of carboxylic acid groups (broad SMARTS) is 1. The van der Waals surface area contributed by atoms with Gasteiger partial charge in [-0.15, -0.1) is 0 Å². The van der Waals surface area contributed by atoms with Crippen molar-refractivity contribution >= 4 is 11.7 Å². The predicted octanol–water partition coefficient (Wildman–Crippen LogP) is 1.76. The summed E-state index contributed by atoms with van der Waals surface area (Å²) in [7, 11) is 0. The van der Waals surface area contributed by atoms with Crippen LogP contribution in [0.5, 0.6) is 0 Å². The minimum Gasteiger partial charge on any atom is -0.478 e. The van der Waals surface area contributed by atoms with Crippen molar-refractivity contribution in [3.8, 4) is 5.69 Å². The van der Waals surface area contributed by atoms with Gasteiger partial charge in [-0.25, -0.2) is 4.79 Å². The number of anilines is 1. The molecule has 0 radical (unpaired) electrons. The number of nitrogens with two attached hydrogens (primary N) is 1. The van der Waals surface area contributed by atoms with E-state index in [4.69, 9.17) is 10.8 Å². The summed E-state index contributed by atoms with van der Waals surface area (Å²) in [6, 6.07) is 8.44. The van der Waals surface area contributed by atoms with E-state index in [1.807, 2.05) is 29.1 Å². The lowest BCUT2D eigenvalue weighted by Gasteiger charge is -2.07. The van der Waals surface area contributed by atoms with Crippen molar-refractivity contribution in [3.05, 3.63) is 48.3 Å². The first-order valence-electron chi connectivity index (χ1n) is 4.44. The highest BCUT2D eigenvalue weighted by Gasteiger charge is 2.06. The third-order valence-electron chi connectivity index (χ3n) is 2.16. The van der Waals surface area contributed by atoms with Crippen LogP contribution >= 0.6 is 0 Å². The van der Waals surface area contributed by atoms with E-state index in [1.165, 1.54) is 12.1 Å². The Bertz CT molecular complexity index is 489. The first-order chi connectivity index (χ1) is 7.18. The number of aromatic carboxylic acids is 1. The molecule has 1 heterocycles. The van der Waals surface area contributed by atoms with Gasteiger partial charge in [0, 0.05) is 12.4 Å². The van der Waals surface area contributed by atoms with Crippen molar-refractivity contribution in [2.45, 2.75) is 0 Å². The van der Waals surface area contributed by atoms with Crippen LogP contribution in [-0.2, 0) is 0 Å². The first kappa shape index (κ1) is 9.33. The second kappa shape index (κ2) is 3.49. The summed E-state index contributed by atoms with van der Waals surface area (Å²) in [5.74, 6) is -0.972. The number of nitrogen functional groups attached to an aromatic ring is 1. The molecule has 0 aliphatic carbocycles. The Labute approximate surface area is 86.6 Å². The largest absolute Gasteiger partial charge is 0.478 e. The molecule has 2 aromatic rings. The Hall–Kier alpha value is -2.23. The van der Waals surface area contributed by atoms with Crippen LogP contribution in [0.4, 0.5) is 5.69 Å². The topological polar surface area (TPSA) is 68.2 Å². The zero-order valence-electron chi connectivity index (χ0n) is 7.92. The van der Waals surface area contributed by atoms with E-state index in [9.17, 15) is 4.79 Å². The van der Waals surface area contributed by atoms with Crippen molar-refractivity contribution in [2.75, 3.05) is 5.73 Å². The molecule has 0 saturated carbocycles. The molecule has 2 rings (SSSR count). The number of hydrogen-bond donors (Lipinski definition) is 2. The molecule has 0 amide bonds. The summed E-state index contributed by atoms with van der Waals surface area (Å²) in [5.41, 5.74) is 7.20. The number of benzene rings is 1. The van der Waals surface area contributed by atoms with E-state index >= 15 is 0 Å². The second-order valence-corrected chi connectivity index (χ2v) is 3.17. The van der Waals surface area contributed by atoms with Gasteiger partial charge in [0.05, 0.1) is 16.9 Å². The Morgan fingerprint density at radius 1 is 1.27 bits per heavy atom. The monoisotopic (exact) mass is 202 g/mol. The molecule has 0 spiro atoms. The van der Waals surface area contributed by atoms with Gasteiger partial charge in [0.2, 0.25) is 0 Å². The number of aromatic nitrogens is 1. The Kier molecular flexibility index (Phi) is 2.17. The standard InChI is InChI=1S/C11H10N2O2/c12-9-7-8(11(14)15)3-4-10(9)13-5-1-2-6-13/h1-7H,12H2,(H,14,15). The number of hydrogen-bond acceptors (Lipinski definition) is 2. The van der Waals surface area contributed by atoms with E-state index < -0.39 is 5.97 Å². The van der Waals surface area contributed by atoms with Gasteiger partial charge in [0.25, 0.3) is 0 Å². The molecule has 0 fully saturated rings. The molecule has 76 valence electrons. The fourth-order valence-electron chi connectivity index (χ4n) is 1.42. The molecule has 4 nitrogen and oxygen atoms in total. The lowest BCUT2D eigenvalue weighted by atomic mass is 10.2. The van der Waals surface area contributed by atoms with Gasteiger partial charge in [0.1, 0.15) is 0 Å². The van der Waals surface area contributed by atoms with E-state index in [-0.39, 0.29) is 5.56 Å². The molecule has 0 aliphatic rings. The summed E-state index contributed by atoms with van der Waals surface area (Å²) in [5, 5.41) is 8.77. The molecule has 1 aromatic carbocycles. The van der Waals surface area contributed by atoms with Crippen LogP contribution in [-0.4, -0.2) is 15.6 Å². The molecule has 4 heteroatoms. The molecule has 1 aromatic heterocycles. The minimum absolute atomic E-state index is 0.198. The summed E-state index contributed by atoms with van der Waals surface area (Å²) in [6.45, 7) is 0. The third kappa shape index (κ3) is 1.69. The molecule has 0 saturated heterocycles. The average Bonchev–Trinajstić information content (AvgIpc) is 2.70. The maximum Gasteiger partial charge on any atom is 0.335 e. The van der Waals surface area contributed by atoms with Gasteiger partial charge in [-0.1, -0.05) is 0 Å². The summed E-state index contributed by atoms with van der Waals surface area (Å²) in [6.07, 6.45) is 3.71. The summed E-state index contributed by atoms with van der Waals surface area (Å²) in [4.78, 5) is 10.7. The zero-order valence-corrected chi connectivity index (χ0v) is 7.92. The van der Waals surface area contributed by atoms with E-state index in [2.05, 4.69) is 0 Å². The highest BCUT2D eigenvalue weighted by molar-refractivity contribution is 5.89. The maximum atomic E-state index is 10.7. The SMILES string of the molecule is Nc1cc(C(=O)O)ccc1-n1cccc1. The van der Waals surface area contributed by atoms with Gasteiger partial charge in [-0.05, 0) is 30.3 Å². The molecule has 0 atom stereocenters. The van der Waals surface area contributed by atoms with Crippen molar-refractivity contribution in [2.24, 2.45) is 0 Å². The molecule has 15 heavy (non-hydrogen) atoms. The number of rotatable bonds is 2. The van der Waals surface area contributed by atoms with Gasteiger partial charge < -0.3 is 15.4 Å². The zero-order chi connectivity index (χ0) is 10.8. The van der Waals surface area contributed by atoms with Crippen LogP contribution in [0.15, 0.2) is 42.7 Å². The van der Waals surface area contributed by atoms with Crippen molar-refractivity contribution in [1.29, 1.82) is 0 Å². The lowest BCUT2D eigenvalue weighted by Crippen LogP contribution is -2.02. The van der Waals surface area contributed by atoms with Crippen molar-refractivity contribution in [1.82, 2.24) is 4.57 Å². The van der Waals surface area contributed by atoms with E-state index in [0.717, 1.165) is 5.69 Å². The van der Waals surface area contributed by atoms with Crippen LogP contribution < -0.4 is 5.73 Å². The van der Waals surface area contributed by atoms with Crippen LogP contribution in [0.2, 0.25) is 0 Å². The molecule has 0 bridgehead atoms. The van der Waals surface area contributed by atoms with Crippen molar-refractivity contribution in [3.63, 3.8) is 0 Å². The molecular formula is C11H10N2O2. The number of carbonyl (C=O) groups is 1. The van der Waals surface area contributed by atoms with Crippen molar-refractivity contribution < 1.29 is 9.90 Å².